The second kappa shape index (κ2) is 29.1. The minimum absolute atomic E-state index is 0. The lowest BCUT2D eigenvalue weighted by molar-refractivity contribution is 0.615. The van der Waals surface area contributed by atoms with E-state index < -0.39 is 10.8 Å². The lowest BCUT2D eigenvalue weighted by Gasteiger charge is -2.33. The number of hydrogen-bond donors (Lipinski definition) is 1. The molecule has 0 spiro atoms. The van der Waals surface area contributed by atoms with Gasteiger partial charge in [-0.05, 0) is 106 Å². The highest BCUT2D eigenvalue weighted by molar-refractivity contribution is 6.48. The Balaban J connectivity index is 0.000000134. The maximum absolute atomic E-state index is 9.91. The summed E-state index contributed by atoms with van der Waals surface area (Å²) in [6.45, 7) is 0. The maximum Gasteiger partial charge on any atom is 0.327 e. The molecule has 3 N–H and O–H groups in total. The van der Waals surface area contributed by atoms with Gasteiger partial charge in [-0.2, -0.15) is 9.97 Å². The Morgan fingerprint density at radius 3 is 0.863 bits per heavy atom. The van der Waals surface area contributed by atoms with Crippen LogP contribution >= 0.6 is 11.6 Å². The molecular formula is C92H65BClN6O2. The average Bonchev–Trinajstić information content (AvgIpc) is 1.54. The van der Waals surface area contributed by atoms with Crippen molar-refractivity contribution in [2.75, 3.05) is 0 Å². The third-order valence-electron chi connectivity index (χ3n) is 19.2. The van der Waals surface area contributed by atoms with Crippen molar-refractivity contribution < 1.29 is 10.5 Å². The molecule has 0 amide bonds. The lowest BCUT2D eigenvalue weighted by atomic mass is 9.67. The first-order chi connectivity index (χ1) is 50.0. The highest BCUT2D eigenvalue weighted by Gasteiger charge is 2.48. The molecule has 2 aliphatic rings. The number of benzene rings is 14. The lowest BCUT2D eigenvalue weighted by Crippen LogP contribution is -2.29. The molecule has 485 valence electrons. The summed E-state index contributed by atoms with van der Waals surface area (Å²) >= 11 is 6.11. The molecule has 0 unspecified atom stereocenters. The van der Waals surface area contributed by atoms with E-state index in [1.807, 2.05) is 97.1 Å². The van der Waals surface area contributed by atoms with E-state index in [9.17, 15) is 5.02 Å². The van der Waals surface area contributed by atoms with Crippen molar-refractivity contribution >= 4 is 24.5 Å². The number of hydrogen-bond acceptors (Lipinski definition) is 7. The van der Waals surface area contributed by atoms with E-state index in [0.29, 0.717) is 29.1 Å². The largest absolute Gasteiger partial charge is 0.450 e. The second-order valence-corrected chi connectivity index (χ2v) is 25.2. The van der Waals surface area contributed by atoms with E-state index in [-0.39, 0.29) is 10.8 Å². The van der Waals surface area contributed by atoms with Gasteiger partial charge in [-0.15, -0.1) is 0 Å². The van der Waals surface area contributed by atoms with Crippen LogP contribution in [0.3, 0.4) is 0 Å². The molecule has 0 atom stereocenters. The van der Waals surface area contributed by atoms with Crippen LogP contribution in [0.5, 0.6) is 0 Å². The van der Waals surface area contributed by atoms with Crippen molar-refractivity contribution in [3.05, 3.63) is 426 Å². The predicted octanol–water partition coefficient (Wildman–Crippen LogP) is 19.9. The molecule has 14 aromatic carbocycles. The van der Waals surface area contributed by atoms with E-state index >= 15 is 0 Å². The summed E-state index contributed by atoms with van der Waals surface area (Å²) in [6.07, 6.45) is 0. The van der Waals surface area contributed by atoms with E-state index in [4.69, 9.17) is 26.6 Å². The molecule has 1 radical (unpaired) electrons. The van der Waals surface area contributed by atoms with Crippen molar-refractivity contribution in [1.82, 2.24) is 29.9 Å². The van der Waals surface area contributed by atoms with Gasteiger partial charge in [0.25, 0.3) is 0 Å². The molecule has 0 saturated heterocycles. The Hall–Kier alpha value is -12.6. The first kappa shape index (κ1) is 65.3. The molecule has 0 aliphatic heterocycles. The molecular weight excluding hydrogens is 1270 g/mol. The highest BCUT2D eigenvalue weighted by atomic mass is 35.5. The van der Waals surface area contributed by atoms with Gasteiger partial charge in [-0.1, -0.05) is 376 Å². The summed E-state index contributed by atoms with van der Waals surface area (Å²) in [5.74, 6) is 3.08. The van der Waals surface area contributed by atoms with Gasteiger partial charge >= 0.3 is 7.48 Å². The van der Waals surface area contributed by atoms with E-state index in [0.717, 1.165) is 55.5 Å². The van der Waals surface area contributed by atoms with Crippen LogP contribution < -0.4 is 5.46 Å². The average molecular weight is 1330 g/mol. The molecule has 8 nitrogen and oxygen atoms in total. The number of fused-ring (bicyclic) bond motifs is 6. The number of aromatic nitrogens is 6. The number of rotatable bonds is 12. The van der Waals surface area contributed by atoms with Gasteiger partial charge < -0.3 is 10.5 Å². The van der Waals surface area contributed by atoms with Gasteiger partial charge in [0, 0.05) is 27.8 Å². The van der Waals surface area contributed by atoms with E-state index in [2.05, 4.69) is 294 Å². The fourth-order valence-corrected chi connectivity index (χ4v) is 14.9. The molecule has 2 heterocycles. The van der Waals surface area contributed by atoms with Gasteiger partial charge in [-0.3, -0.25) is 0 Å². The minimum Gasteiger partial charge on any atom is -0.450 e. The molecule has 0 saturated carbocycles. The van der Waals surface area contributed by atoms with Crippen LogP contribution in [0.25, 0.3) is 101 Å². The summed E-state index contributed by atoms with van der Waals surface area (Å²) in [5.41, 5.74) is 23.8. The minimum atomic E-state index is -0.504. The zero-order valence-electron chi connectivity index (χ0n) is 55.4. The third-order valence-corrected chi connectivity index (χ3v) is 19.4. The summed E-state index contributed by atoms with van der Waals surface area (Å²) in [6, 6.07) is 130. The van der Waals surface area contributed by atoms with Crippen LogP contribution in [0.1, 0.15) is 44.5 Å². The third kappa shape index (κ3) is 12.2. The van der Waals surface area contributed by atoms with Crippen molar-refractivity contribution in [1.29, 1.82) is 0 Å². The molecule has 2 aromatic heterocycles. The molecule has 2 aliphatic carbocycles. The second-order valence-electron chi connectivity index (χ2n) is 24.9. The van der Waals surface area contributed by atoms with Gasteiger partial charge in [0.05, 0.1) is 10.8 Å². The highest BCUT2D eigenvalue weighted by Crippen LogP contribution is 2.59. The van der Waals surface area contributed by atoms with Crippen molar-refractivity contribution in [3.63, 3.8) is 0 Å². The molecule has 102 heavy (non-hydrogen) atoms. The fraction of sp³-hybridized carbons (Fsp3) is 0.0217. The van der Waals surface area contributed by atoms with Crippen molar-refractivity contribution in [2.24, 2.45) is 0 Å². The van der Waals surface area contributed by atoms with Crippen LogP contribution in [0, 0.1) is 0 Å². The summed E-state index contributed by atoms with van der Waals surface area (Å²) < 4.78 is 0. The summed E-state index contributed by atoms with van der Waals surface area (Å²) in [4.78, 5) is 28.5. The standard InChI is InChI=1S/C46H31N3.C25H18BO.C21H14ClN3.H2O/c1-5-16-32(17-6-1)33-28-30-35(31-29-33)44-47-43(34-18-7-2-8-19-34)48-45(49-44)39-25-15-27-41-42(39)38-24-13-14-26-40(38)46(41,36-20-9-3-10-21-36)37-22-11-4-12-23-37;27-26-23-17-9-16-22-24(23)20-14-7-8-15-21(20)25(22,18-10-3-1-4-11-18)19-12-5-2-6-13-19;22-21-24-19(17-9-5-2-6-10-17)23-20(25-21)18-13-11-16(12-14-18)15-7-3-1-4-8-15;/h1-31H;1-17,27H;1-14H;1H2. The van der Waals surface area contributed by atoms with Crippen LogP contribution in [0.2, 0.25) is 5.28 Å². The molecule has 0 bridgehead atoms. The summed E-state index contributed by atoms with van der Waals surface area (Å²) in [7, 11) is 1.22. The Morgan fingerprint density at radius 2 is 0.480 bits per heavy atom. The number of halogens is 1. The fourth-order valence-electron chi connectivity index (χ4n) is 14.7. The van der Waals surface area contributed by atoms with E-state index in [1.54, 1.807) is 0 Å². The molecule has 0 fully saturated rings. The molecule has 16 aromatic rings. The normalized spacial score (nSPS) is 12.3. The first-order valence-electron chi connectivity index (χ1n) is 33.7. The SMILES string of the molecule is Clc1nc(-c2ccccc2)nc(-c2ccc(-c3ccccc3)cc2)n1.O.O[B]c1cccc2c1-c1ccccc1C2(c1ccccc1)c1ccccc1.c1ccc(-c2ccc(-c3nc(-c4ccccc4)nc(-c4cccc5c4-c4ccccc4C5(c4ccccc4)c4ccccc4)n3)cc2)cc1. The smallest absolute Gasteiger partial charge is 0.327 e. The van der Waals surface area contributed by atoms with Crippen molar-refractivity contribution in [2.45, 2.75) is 10.8 Å². The Morgan fingerprint density at radius 1 is 0.225 bits per heavy atom. The summed E-state index contributed by atoms with van der Waals surface area (Å²) in [5, 5.41) is 10.1. The van der Waals surface area contributed by atoms with Gasteiger partial charge in [0.15, 0.2) is 29.1 Å². The van der Waals surface area contributed by atoms with Gasteiger partial charge in [-0.25, -0.2) is 19.9 Å². The van der Waals surface area contributed by atoms with Crippen molar-refractivity contribution in [3.8, 4) is 101 Å². The Kier molecular flexibility index (Phi) is 18.6. The quantitative estimate of drug-likeness (QED) is 0.121. The zero-order valence-corrected chi connectivity index (χ0v) is 56.1. The predicted molar refractivity (Wildman–Crippen MR) is 415 cm³/mol. The van der Waals surface area contributed by atoms with Crippen LogP contribution in [-0.4, -0.2) is 47.9 Å². The van der Waals surface area contributed by atoms with Crippen LogP contribution in [0.15, 0.2) is 376 Å². The zero-order chi connectivity index (χ0) is 68.0. The van der Waals surface area contributed by atoms with E-state index in [1.165, 1.54) is 74.2 Å². The Labute approximate surface area is 599 Å². The first-order valence-corrected chi connectivity index (χ1v) is 34.1. The topological polar surface area (TPSA) is 129 Å². The maximum atomic E-state index is 9.91. The molecule has 10 heteroatoms. The van der Waals surface area contributed by atoms with Gasteiger partial charge in [0.2, 0.25) is 5.28 Å². The monoisotopic (exact) mass is 1330 g/mol. The van der Waals surface area contributed by atoms with Crippen LogP contribution in [-0.2, 0) is 10.8 Å². The molecule has 18 rings (SSSR count). The van der Waals surface area contributed by atoms with Gasteiger partial charge in [0.1, 0.15) is 0 Å². The Bertz CT molecular complexity index is 5480. The van der Waals surface area contributed by atoms with Crippen LogP contribution in [0.4, 0.5) is 0 Å². The number of nitrogens with zero attached hydrogens (tertiary/aromatic N) is 6.